The molecule has 1 aromatic carbocycles. The van der Waals surface area contributed by atoms with E-state index in [1.807, 2.05) is 0 Å². The predicted molar refractivity (Wildman–Crippen MR) is 105 cm³/mol. The zero-order chi connectivity index (χ0) is 23.7. The number of nitro groups is 2. The second kappa shape index (κ2) is 8.62. The molecule has 0 aromatic heterocycles. The number of hydrogen-bond donors (Lipinski definition) is 2. The van der Waals surface area contributed by atoms with Crippen LogP contribution in [-0.2, 0) is 19.1 Å². The number of nitrogens with zero attached hydrogens (tertiary/aromatic N) is 3. The Balaban J connectivity index is 1.82. The van der Waals surface area contributed by atoms with Gasteiger partial charge < -0.3 is 15.2 Å². The zero-order valence-electron chi connectivity index (χ0n) is 16.2. The van der Waals surface area contributed by atoms with Gasteiger partial charge in [-0.25, -0.2) is 4.79 Å². The fourth-order valence-electron chi connectivity index (χ4n) is 3.14. The van der Waals surface area contributed by atoms with Crippen LogP contribution >= 0.6 is 11.8 Å². The van der Waals surface area contributed by atoms with Crippen LogP contribution in [0.2, 0.25) is 0 Å². The Bertz CT molecular complexity index is 1070. The molecule has 0 aliphatic carbocycles. The number of rotatable bonds is 7. The van der Waals surface area contributed by atoms with Crippen molar-refractivity contribution in [1.82, 2.24) is 10.2 Å². The largest absolute Gasteiger partial charge is 0.477 e. The third-order valence-electron chi connectivity index (χ3n) is 4.57. The van der Waals surface area contributed by atoms with Gasteiger partial charge in [-0.3, -0.25) is 39.5 Å². The predicted octanol–water partition coefficient (Wildman–Crippen LogP) is 0.418. The SMILES string of the molecule is CC(=O)OCC1=C(C(=O)O)N2C(=O)[C@@H](NC(=O)c3cc([N+](=O)[O-])cc([N+](=O)[O-])c3)[C@H]2SC1. The summed E-state index contributed by atoms with van der Waals surface area (Å²) in [5, 5.41) is 33.1. The molecule has 14 nitrogen and oxygen atoms in total. The number of nitrogens with one attached hydrogen (secondary N) is 1. The molecule has 2 amide bonds. The van der Waals surface area contributed by atoms with Crippen LogP contribution in [0.4, 0.5) is 11.4 Å². The summed E-state index contributed by atoms with van der Waals surface area (Å²) in [7, 11) is 0. The average molecular weight is 466 g/mol. The molecule has 0 saturated carbocycles. The second-order valence-electron chi connectivity index (χ2n) is 6.65. The summed E-state index contributed by atoms with van der Waals surface area (Å²) >= 11 is 1.12. The molecule has 2 aliphatic rings. The van der Waals surface area contributed by atoms with E-state index in [1.54, 1.807) is 0 Å². The van der Waals surface area contributed by atoms with Crippen molar-refractivity contribution in [3.8, 4) is 0 Å². The first kappa shape index (κ1) is 22.7. The molecule has 1 fully saturated rings. The monoisotopic (exact) mass is 466 g/mol. The van der Waals surface area contributed by atoms with Gasteiger partial charge in [0.25, 0.3) is 23.2 Å². The van der Waals surface area contributed by atoms with Gasteiger partial charge in [0.2, 0.25) is 0 Å². The smallest absolute Gasteiger partial charge is 0.352 e. The number of nitro benzene ring substituents is 2. The molecule has 3 rings (SSSR count). The van der Waals surface area contributed by atoms with Crippen molar-refractivity contribution in [2.24, 2.45) is 0 Å². The van der Waals surface area contributed by atoms with E-state index in [2.05, 4.69) is 5.32 Å². The van der Waals surface area contributed by atoms with Crippen molar-refractivity contribution in [2.75, 3.05) is 12.4 Å². The maximum absolute atomic E-state index is 12.6. The van der Waals surface area contributed by atoms with E-state index in [1.165, 1.54) is 0 Å². The van der Waals surface area contributed by atoms with E-state index in [0.29, 0.717) is 6.07 Å². The summed E-state index contributed by atoms with van der Waals surface area (Å²) in [5.41, 5.74) is -1.89. The lowest BCUT2D eigenvalue weighted by atomic mass is 10.0. The molecule has 0 radical (unpaired) electrons. The molecule has 2 N–H and O–H groups in total. The number of carboxylic acid groups (broad SMARTS) is 1. The Kier molecular flexibility index (Phi) is 6.11. The van der Waals surface area contributed by atoms with Crippen LogP contribution in [0.15, 0.2) is 29.5 Å². The molecule has 1 aromatic rings. The van der Waals surface area contributed by atoms with Gasteiger partial charge in [0.15, 0.2) is 0 Å². The lowest BCUT2D eigenvalue weighted by molar-refractivity contribution is -0.394. The molecular formula is C17H14N4O10S. The fourth-order valence-corrected chi connectivity index (χ4v) is 4.47. The molecule has 2 atom stereocenters. The Morgan fingerprint density at radius 2 is 1.81 bits per heavy atom. The van der Waals surface area contributed by atoms with Crippen molar-refractivity contribution in [3.63, 3.8) is 0 Å². The van der Waals surface area contributed by atoms with Gasteiger partial charge in [-0.1, -0.05) is 0 Å². The third kappa shape index (κ3) is 4.22. The van der Waals surface area contributed by atoms with Gasteiger partial charge >= 0.3 is 11.9 Å². The van der Waals surface area contributed by atoms with Crippen LogP contribution in [0.5, 0.6) is 0 Å². The van der Waals surface area contributed by atoms with Gasteiger partial charge in [-0.05, 0) is 0 Å². The average Bonchev–Trinajstić information content (AvgIpc) is 2.74. The highest BCUT2D eigenvalue weighted by Crippen LogP contribution is 2.40. The zero-order valence-corrected chi connectivity index (χ0v) is 17.0. The maximum Gasteiger partial charge on any atom is 0.352 e. The number of β-lactam (4-membered cyclic amide) rings is 1. The highest BCUT2D eigenvalue weighted by Gasteiger charge is 2.54. The number of benzene rings is 1. The summed E-state index contributed by atoms with van der Waals surface area (Å²) in [6, 6.07) is 1.20. The van der Waals surface area contributed by atoms with Crippen LogP contribution in [0, 0.1) is 20.2 Å². The minimum absolute atomic E-state index is 0.109. The number of amides is 2. The number of carbonyl (C=O) groups excluding carboxylic acids is 3. The highest BCUT2D eigenvalue weighted by molar-refractivity contribution is 8.00. The van der Waals surface area contributed by atoms with E-state index in [4.69, 9.17) is 4.74 Å². The molecule has 1 saturated heterocycles. The van der Waals surface area contributed by atoms with Crippen molar-refractivity contribution in [1.29, 1.82) is 0 Å². The number of esters is 1. The molecule has 32 heavy (non-hydrogen) atoms. The topological polar surface area (TPSA) is 199 Å². The third-order valence-corrected chi connectivity index (χ3v) is 5.91. The first-order chi connectivity index (χ1) is 15.0. The van der Waals surface area contributed by atoms with Gasteiger partial charge in [0.1, 0.15) is 23.7 Å². The quantitative estimate of drug-likeness (QED) is 0.244. The van der Waals surface area contributed by atoms with Crippen LogP contribution < -0.4 is 5.32 Å². The maximum atomic E-state index is 12.6. The van der Waals surface area contributed by atoms with E-state index in [9.17, 15) is 44.5 Å². The fraction of sp³-hybridized carbons (Fsp3) is 0.294. The minimum Gasteiger partial charge on any atom is -0.477 e. The van der Waals surface area contributed by atoms with E-state index in [-0.39, 0.29) is 23.6 Å². The first-order valence-electron chi connectivity index (χ1n) is 8.79. The number of fused-ring (bicyclic) bond motifs is 1. The van der Waals surface area contributed by atoms with Gasteiger partial charge in [-0.15, -0.1) is 11.8 Å². The molecular weight excluding hydrogens is 452 g/mol. The van der Waals surface area contributed by atoms with Crippen LogP contribution in [0.1, 0.15) is 17.3 Å². The summed E-state index contributed by atoms with van der Waals surface area (Å²) in [6.45, 7) is 0.841. The standard InChI is InChI=1S/C17H14N4O10S/c1-7(22)31-5-9-6-32-16-12(15(24)19(16)13(9)17(25)26)18-14(23)8-2-10(20(27)28)4-11(3-8)21(29)30/h2-4,12,16H,5-6H2,1H3,(H,18,23)(H,25,26)/t12-,16-/m1/s1. The highest BCUT2D eigenvalue weighted by atomic mass is 32.2. The number of hydrogen-bond acceptors (Lipinski definition) is 10. The van der Waals surface area contributed by atoms with Gasteiger partial charge in [0, 0.05) is 30.4 Å². The molecule has 0 spiro atoms. The molecule has 2 aliphatic heterocycles. The lowest BCUT2D eigenvalue weighted by Gasteiger charge is -2.49. The van der Waals surface area contributed by atoms with Crippen molar-refractivity contribution in [2.45, 2.75) is 18.3 Å². The van der Waals surface area contributed by atoms with Crippen LogP contribution in [0.25, 0.3) is 0 Å². The first-order valence-corrected chi connectivity index (χ1v) is 9.84. The van der Waals surface area contributed by atoms with Crippen molar-refractivity contribution >= 4 is 46.9 Å². The summed E-state index contributed by atoms with van der Waals surface area (Å²) in [6.07, 6.45) is 0. The number of carbonyl (C=O) groups is 4. The molecule has 168 valence electrons. The van der Waals surface area contributed by atoms with Crippen molar-refractivity contribution in [3.05, 3.63) is 55.3 Å². The van der Waals surface area contributed by atoms with Crippen LogP contribution in [-0.4, -0.2) is 67.4 Å². The van der Waals surface area contributed by atoms with Crippen molar-refractivity contribution < 1.29 is 38.9 Å². The Morgan fingerprint density at radius 3 is 2.31 bits per heavy atom. The minimum atomic E-state index is -1.41. The number of aliphatic carboxylic acids is 1. The Morgan fingerprint density at radius 1 is 1.22 bits per heavy atom. The van der Waals surface area contributed by atoms with E-state index < -0.39 is 62.0 Å². The van der Waals surface area contributed by atoms with Crippen LogP contribution in [0.3, 0.4) is 0 Å². The Hall–Kier alpha value is -4.01. The normalized spacial score (nSPS) is 19.5. The molecule has 2 heterocycles. The number of non-ortho nitro benzene ring substituents is 2. The molecule has 0 bridgehead atoms. The van der Waals surface area contributed by atoms with Gasteiger partial charge in [-0.2, -0.15) is 0 Å². The van der Waals surface area contributed by atoms with E-state index >= 15 is 0 Å². The number of thioether (sulfide) groups is 1. The van der Waals surface area contributed by atoms with E-state index in [0.717, 1.165) is 35.7 Å². The summed E-state index contributed by atoms with van der Waals surface area (Å²) in [5.74, 6) is -3.65. The number of carboxylic acids is 1. The molecule has 15 heteroatoms. The lowest BCUT2D eigenvalue weighted by Crippen LogP contribution is -2.70. The molecule has 0 unspecified atom stereocenters. The van der Waals surface area contributed by atoms with Gasteiger partial charge in [0.05, 0.1) is 21.5 Å². The summed E-state index contributed by atoms with van der Waals surface area (Å²) < 4.78 is 4.82. The number of ether oxygens (including phenoxy) is 1. The second-order valence-corrected chi connectivity index (χ2v) is 7.76. The summed E-state index contributed by atoms with van der Waals surface area (Å²) in [4.78, 5) is 69.0. The Labute approximate surface area is 182 Å².